The summed E-state index contributed by atoms with van der Waals surface area (Å²) in [5.41, 5.74) is 5.25. The smallest absolute Gasteiger partial charge is 0.256 e. The number of carbonyl (C=O) groups excluding carboxylic acids is 1. The molecule has 1 amide bonds. The highest BCUT2D eigenvalue weighted by atomic mass is 35.5. The van der Waals surface area contributed by atoms with Crippen LogP contribution < -0.4 is 5.73 Å². The molecule has 2 rings (SSSR count). The van der Waals surface area contributed by atoms with Gasteiger partial charge < -0.3 is 10.6 Å². The van der Waals surface area contributed by atoms with Gasteiger partial charge in [-0.05, 0) is 43.9 Å². The Morgan fingerprint density at radius 3 is 2.55 bits per heavy atom. The van der Waals surface area contributed by atoms with E-state index in [1.165, 1.54) is 0 Å². The molecule has 1 heterocycles. The second-order valence-corrected chi connectivity index (χ2v) is 5.47. The Labute approximate surface area is 121 Å². The van der Waals surface area contributed by atoms with Gasteiger partial charge in [-0.15, -0.1) is 0 Å². The van der Waals surface area contributed by atoms with E-state index in [1.54, 1.807) is 4.90 Å². The van der Waals surface area contributed by atoms with Crippen molar-refractivity contribution in [2.75, 3.05) is 19.6 Å². The first-order valence-corrected chi connectivity index (χ1v) is 7.04. The van der Waals surface area contributed by atoms with Gasteiger partial charge in [-0.2, -0.15) is 0 Å². The molecule has 0 radical (unpaired) electrons. The monoisotopic (exact) mass is 302 g/mol. The number of hydrogen-bond acceptors (Lipinski definition) is 2. The minimum atomic E-state index is -0.787. The van der Waals surface area contributed by atoms with E-state index in [4.69, 9.17) is 17.3 Å². The van der Waals surface area contributed by atoms with E-state index in [-0.39, 0.29) is 10.6 Å². The second-order valence-electron chi connectivity index (χ2n) is 5.06. The summed E-state index contributed by atoms with van der Waals surface area (Å²) in [7, 11) is 0. The lowest BCUT2D eigenvalue weighted by molar-refractivity contribution is 0.0682. The third kappa shape index (κ3) is 3.27. The van der Waals surface area contributed by atoms with Crippen LogP contribution in [0.2, 0.25) is 5.02 Å². The van der Waals surface area contributed by atoms with Crippen LogP contribution in [0.25, 0.3) is 0 Å². The van der Waals surface area contributed by atoms with Crippen LogP contribution in [0.3, 0.4) is 0 Å². The summed E-state index contributed by atoms with van der Waals surface area (Å²) in [5, 5.41) is -0.319. The number of amides is 1. The summed E-state index contributed by atoms with van der Waals surface area (Å²) in [6.45, 7) is 1.73. The second kappa shape index (κ2) is 6.50. The van der Waals surface area contributed by atoms with Crippen molar-refractivity contribution < 1.29 is 13.6 Å². The number of carbonyl (C=O) groups is 1. The molecule has 20 heavy (non-hydrogen) atoms. The quantitative estimate of drug-likeness (QED) is 0.873. The fourth-order valence-corrected chi connectivity index (χ4v) is 2.67. The molecule has 0 bridgehead atoms. The predicted molar refractivity (Wildman–Crippen MR) is 73.7 cm³/mol. The number of nitrogens with two attached hydrogens (primary N) is 1. The van der Waals surface area contributed by atoms with E-state index >= 15 is 0 Å². The van der Waals surface area contributed by atoms with Gasteiger partial charge in [-0.3, -0.25) is 4.79 Å². The molecule has 1 aromatic carbocycles. The van der Waals surface area contributed by atoms with Gasteiger partial charge in [0.05, 0.1) is 10.6 Å². The Bertz CT molecular complexity index is 502. The fraction of sp³-hybridized carbons (Fsp3) is 0.500. The molecule has 1 aromatic rings. The molecule has 0 aliphatic carbocycles. The maximum absolute atomic E-state index is 13.7. The summed E-state index contributed by atoms with van der Waals surface area (Å²) < 4.78 is 27.1. The molecule has 0 atom stereocenters. The summed E-state index contributed by atoms with van der Waals surface area (Å²) in [5.74, 6) is -1.54. The number of halogens is 3. The zero-order valence-corrected chi connectivity index (χ0v) is 11.8. The molecule has 0 saturated carbocycles. The summed E-state index contributed by atoms with van der Waals surface area (Å²) >= 11 is 5.48. The van der Waals surface area contributed by atoms with E-state index in [2.05, 4.69) is 0 Å². The van der Waals surface area contributed by atoms with Crippen molar-refractivity contribution in [3.63, 3.8) is 0 Å². The first-order chi connectivity index (χ1) is 9.52. The van der Waals surface area contributed by atoms with Crippen molar-refractivity contribution in [3.05, 3.63) is 34.4 Å². The number of hydrogen-bond donors (Lipinski definition) is 1. The van der Waals surface area contributed by atoms with Gasteiger partial charge in [0.2, 0.25) is 0 Å². The molecule has 1 aliphatic heterocycles. The van der Waals surface area contributed by atoms with E-state index in [0.717, 1.165) is 31.4 Å². The normalized spacial score (nSPS) is 16.5. The van der Waals surface area contributed by atoms with Crippen LogP contribution in [-0.4, -0.2) is 30.4 Å². The van der Waals surface area contributed by atoms with Gasteiger partial charge in [-0.1, -0.05) is 11.6 Å². The van der Waals surface area contributed by atoms with Gasteiger partial charge in [0.1, 0.15) is 11.6 Å². The van der Waals surface area contributed by atoms with Crippen LogP contribution >= 0.6 is 11.6 Å². The summed E-state index contributed by atoms with van der Waals surface area (Å²) in [4.78, 5) is 13.8. The molecule has 1 saturated heterocycles. The first kappa shape index (κ1) is 15.2. The van der Waals surface area contributed by atoms with Gasteiger partial charge in [0.25, 0.3) is 5.91 Å². The van der Waals surface area contributed by atoms with Gasteiger partial charge >= 0.3 is 0 Å². The molecule has 0 spiro atoms. The van der Waals surface area contributed by atoms with Crippen LogP contribution in [0, 0.1) is 17.6 Å². The minimum Gasteiger partial charge on any atom is -0.339 e. The average Bonchev–Trinajstić information content (AvgIpc) is 2.43. The zero-order chi connectivity index (χ0) is 14.7. The predicted octanol–water partition coefficient (Wildman–Crippen LogP) is 2.82. The van der Waals surface area contributed by atoms with Crippen molar-refractivity contribution in [1.29, 1.82) is 0 Å². The molecule has 0 aromatic heterocycles. The van der Waals surface area contributed by atoms with Crippen LogP contribution in [0.4, 0.5) is 8.78 Å². The molecule has 110 valence electrons. The average molecular weight is 303 g/mol. The Hall–Kier alpha value is -1.20. The summed E-state index contributed by atoms with van der Waals surface area (Å²) in [6, 6.07) is 1.71. The highest BCUT2D eigenvalue weighted by Gasteiger charge is 2.25. The highest BCUT2D eigenvalue weighted by molar-refractivity contribution is 6.30. The van der Waals surface area contributed by atoms with Gasteiger partial charge in [0.15, 0.2) is 0 Å². The lowest BCUT2D eigenvalue weighted by Gasteiger charge is -2.32. The number of nitrogens with zero attached hydrogens (tertiary/aromatic N) is 1. The maximum atomic E-state index is 13.7. The van der Waals surface area contributed by atoms with Crippen molar-refractivity contribution in [3.8, 4) is 0 Å². The van der Waals surface area contributed by atoms with Crippen LogP contribution in [0.5, 0.6) is 0 Å². The number of benzene rings is 1. The largest absolute Gasteiger partial charge is 0.339 e. The molecule has 0 unspecified atom stereocenters. The van der Waals surface area contributed by atoms with Crippen LogP contribution in [-0.2, 0) is 0 Å². The molecular formula is C14H17ClF2N2O. The van der Waals surface area contributed by atoms with Crippen molar-refractivity contribution in [2.24, 2.45) is 11.7 Å². The summed E-state index contributed by atoms with van der Waals surface area (Å²) in [6.07, 6.45) is 2.63. The van der Waals surface area contributed by atoms with E-state index in [1.807, 2.05) is 0 Å². The third-order valence-corrected chi connectivity index (χ3v) is 4.01. The van der Waals surface area contributed by atoms with E-state index < -0.39 is 17.5 Å². The van der Waals surface area contributed by atoms with Gasteiger partial charge in [0, 0.05) is 13.1 Å². The number of piperidine rings is 1. The lowest BCUT2D eigenvalue weighted by atomic mass is 9.93. The Morgan fingerprint density at radius 2 is 1.95 bits per heavy atom. The lowest BCUT2D eigenvalue weighted by Crippen LogP contribution is -2.39. The first-order valence-electron chi connectivity index (χ1n) is 6.66. The number of likely N-dealkylation sites (tertiary alicyclic amines) is 1. The molecular weight excluding hydrogens is 286 g/mol. The van der Waals surface area contributed by atoms with Crippen LogP contribution in [0.1, 0.15) is 29.6 Å². The van der Waals surface area contributed by atoms with E-state index in [9.17, 15) is 13.6 Å². The maximum Gasteiger partial charge on any atom is 0.256 e. The van der Waals surface area contributed by atoms with E-state index in [0.29, 0.717) is 25.6 Å². The number of rotatable bonds is 3. The minimum absolute atomic E-state index is 0.260. The van der Waals surface area contributed by atoms with Gasteiger partial charge in [-0.25, -0.2) is 8.78 Å². The molecule has 1 fully saturated rings. The molecule has 1 aliphatic rings. The Morgan fingerprint density at radius 1 is 1.30 bits per heavy atom. The Kier molecular flexibility index (Phi) is 4.94. The highest BCUT2D eigenvalue weighted by Crippen LogP contribution is 2.24. The van der Waals surface area contributed by atoms with Crippen molar-refractivity contribution in [2.45, 2.75) is 19.3 Å². The topological polar surface area (TPSA) is 46.3 Å². The van der Waals surface area contributed by atoms with Crippen molar-refractivity contribution >= 4 is 17.5 Å². The fourth-order valence-electron chi connectivity index (χ4n) is 2.52. The third-order valence-electron chi connectivity index (χ3n) is 3.72. The Balaban J connectivity index is 2.07. The van der Waals surface area contributed by atoms with Crippen LogP contribution in [0.15, 0.2) is 12.1 Å². The molecule has 2 N–H and O–H groups in total. The zero-order valence-electron chi connectivity index (χ0n) is 11.0. The standard InChI is InChI=1S/C14H17ClF2N2O/c15-11-8-12(16)10(7-13(11)17)14(20)19-5-2-9(1-4-18)3-6-19/h7-9H,1-6,18H2. The molecule has 6 heteroatoms. The SMILES string of the molecule is NCCC1CCN(C(=O)c2cc(F)c(Cl)cc2F)CC1. The molecule has 3 nitrogen and oxygen atoms in total. The van der Waals surface area contributed by atoms with Crippen molar-refractivity contribution in [1.82, 2.24) is 4.90 Å².